The predicted molar refractivity (Wildman–Crippen MR) is 183 cm³/mol. The van der Waals surface area contributed by atoms with Crippen molar-refractivity contribution in [3.05, 3.63) is 80.5 Å². The van der Waals surface area contributed by atoms with Gasteiger partial charge in [-0.25, -0.2) is 9.38 Å². The molecule has 0 saturated carbocycles. The lowest BCUT2D eigenvalue weighted by Crippen LogP contribution is -2.29. The predicted octanol–water partition coefficient (Wildman–Crippen LogP) is 7.46. The second-order valence-electron chi connectivity index (χ2n) is 10.2. The van der Waals surface area contributed by atoms with Crippen LogP contribution in [-0.2, 0) is 9.59 Å². The number of rotatable bonds is 10. The zero-order chi connectivity index (χ0) is 31.1. The smallest absolute Gasteiger partial charge is 0.266 e. The first-order valence-corrected chi connectivity index (χ1v) is 16.5. The minimum absolute atomic E-state index is 0.105. The summed E-state index contributed by atoms with van der Waals surface area (Å²) in [6.45, 7) is 6.60. The van der Waals surface area contributed by atoms with Crippen LogP contribution < -0.4 is 19.7 Å². The number of amidine groups is 1. The van der Waals surface area contributed by atoms with E-state index in [1.54, 1.807) is 11.0 Å². The number of hydrogen-bond acceptors (Lipinski definition) is 7. The zero-order valence-electron chi connectivity index (χ0n) is 24.6. The highest BCUT2D eigenvalue weighted by Crippen LogP contribution is 2.38. The maximum absolute atomic E-state index is 13.3. The molecule has 3 aromatic carbocycles. The van der Waals surface area contributed by atoms with Gasteiger partial charge in [-0.15, -0.1) is 0 Å². The molecular weight excluding hydrogens is 694 g/mol. The summed E-state index contributed by atoms with van der Waals surface area (Å²) >= 11 is 3.47. The third-order valence-electron chi connectivity index (χ3n) is 7.11. The number of amides is 2. The molecule has 0 unspecified atom stereocenters. The highest BCUT2D eigenvalue weighted by Gasteiger charge is 2.32. The number of thioether (sulfide) groups is 1. The minimum Gasteiger partial charge on any atom is -0.490 e. The molecule has 1 N–H and O–H groups in total. The fraction of sp³-hybridized carbons (Fsp3) is 0.303. The van der Waals surface area contributed by atoms with Gasteiger partial charge in [0.2, 0.25) is 0 Å². The van der Waals surface area contributed by atoms with Crippen molar-refractivity contribution in [3.63, 3.8) is 0 Å². The summed E-state index contributed by atoms with van der Waals surface area (Å²) in [5, 5.41) is 3.32. The third kappa shape index (κ3) is 7.92. The number of nitrogens with zero attached hydrogens (tertiary/aromatic N) is 3. The molecule has 44 heavy (non-hydrogen) atoms. The zero-order valence-corrected chi connectivity index (χ0v) is 27.6. The fourth-order valence-corrected chi connectivity index (χ4v) is 6.81. The summed E-state index contributed by atoms with van der Waals surface area (Å²) in [5.74, 6) is 0.0197. The molecule has 8 nitrogen and oxygen atoms in total. The number of piperidine rings is 1. The van der Waals surface area contributed by atoms with E-state index < -0.39 is 0 Å². The van der Waals surface area contributed by atoms with E-state index in [-0.39, 0.29) is 24.2 Å². The maximum atomic E-state index is 13.3. The van der Waals surface area contributed by atoms with Gasteiger partial charge in [0.15, 0.2) is 23.3 Å². The quantitative estimate of drug-likeness (QED) is 0.173. The largest absolute Gasteiger partial charge is 0.490 e. The molecule has 3 aromatic rings. The van der Waals surface area contributed by atoms with Crippen LogP contribution >= 0.6 is 34.4 Å². The number of ether oxygens (including phenoxy) is 2. The number of anilines is 2. The highest BCUT2D eigenvalue weighted by molar-refractivity contribution is 14.1. The summed E-state index contributed by atoms with van der Waals surface area (Å²) in [7, 11) is 0. The van der Waals surface area contributed by atoms with E-state index in [2.05, 4.69) is 44.9 Å². The molecule has 2 amide bonds. The van der Waals surface area contributed by atoms with Gasteiger partial charge in [0.1, 0.15) is 5.82 Å². The van der Waals surface area contributed by atoms with Gasteiger partial charge in [0.05, 0.1) is 20.8 Å². The molecule has 0 atom stereocenters. The Bertz CT molecular complexity index is 1560. The second kappa shape index (κ2) is 14.9. The molecular formula is C33H34FIN4O4S. The van der Waals surface area contributed by atoms with Crippen molar-refractivity contribution in [3.8, 4) is 11.5 Å². The number of carbonyl (C=O) groups excluding carboxylic acids is 2. The van der Waals surface area contributed by atoms with E-state index >= 15 is 0 Å². The van der Waals surface area contributed by atoms with Crippen molar-refractivity contribution >= 4 is 74.5 Å². The third-order valence-corrected chi connectivity index (χ3v) is 8.91. The molecule has 0 bridgehead atoms. The average Bonchev–Trinajstić information content (AvgIpc) is 3.31. The van der Waals surface area contributed by atoms with Crippen molar-refractivity contribution in [2.45, 2.75) is 33.1 Å². The van der Waals surface area contributed by atoms with E-state index in [9.17, 15) is 14.0 Å². The summed E-state index contributed by atoms with van der Waals surface area (Å²) in [6, 6.07) is 17.4. The van der Waals surface area contributed by atoms with E-state index in [1.165, 1.54) is 61.0 Å². The van der Waals surface area contributed by atoms with Crippen LogP contribution in [0.4, 0.5) is 21.5 Å². The number of carbonyl (C=O) groups is 2. The number of aliphatic imine (C=N–C) groups is 1. The van der Waals surface area contributed by atoms with Crippen molar-refractivity contribution in [2.75, 3.05) is 43.1 Å². The summed E-state index contributed by atoms with van der Waals surface area (Å²) < 4.78 is 25.6. The number of likely N-dealkylation sites (N-methyl/N-ethyl adjacent to an activating group) is 1. The van der Waals surface area contributed by atoms with Crippen molar-refractivity contribution in [1.29, 1.82) is 0 Å². The van der Waals surface area contributed by atoms with E-state index in [0.717, 1.165) is 27.9 Å². The van der Waals surface area contributed by atoms with Crippen LogP contribution in [0.25, 0.3) is 6.08 Å². The Balaban J connectivity index is 1.31. The molecule has 2 fully saturated rings. The minimum atomic E-state index is -0.387. The van der Waals surface area contributed by atoms with Gasteiger partial charge in [0, 0.05) is 31.0 Å². The lowest BCUT2D eigenvalue weighted by Gasteiger charge is -2.28. The van der Waals surface area contributed by atoms with Crippen LogP contribution in [0.3, 0.4) is 0 Å². The Morgan fingerprint density at radius 2 is 1.77 bits per heavy atom. The molecule has 2 aliphatic rings. The normalized spacial score (nSPS) is 17.0. The molecule has 230 valence electrons. The summed E-state index contributed by atoms with van der Waals surface area (Å²) in [6.07, 6.45) is 5.56. The monoisotopic (exact) mass is 728 g/mol. The number of benzene rings is 3. The Kier molecular flexibility index (Phi) is 10.8. The Hall–Kier alpha value is -3.58. The van der Waals surface area contributed by atoms with E-state index in [4.69, 9.17) is 14.5 Å². The number of nitrogens with one attached hydrogen (secondary N) is 1. The van der Waals surface area contributed by atoms with Crippen molar-refractivity contribution in [2.24, 2.45) is 4.99 Å². The maximum Gasteiger partial charge on any atom is 0.266 e. The Morgan fingerprint density at radius 1 is 1.05 bits per heavy atom. The molecule has 0 aliphatic carbocycles. The van der Waals surface area contributed by atoms with Crippen LogP contribution in [0, 0.1) is 9.39 Å². The van der Waals surface area contributed by atoms with Crippen LogP contribution in [0.1, 0.15) is 38.7 Å². The molecule has 5 rings (SSSR count). The van der Waals surface area contributed by atoms with Crippen LogP contribution in [0.5, 0.6) is 11.5 Å². The first kappa shape index (κ1) is 31.8. The summed E-state index contributed by atoms with van der Waals surface area (Å²) in [4.78, 5) is 35.3. The van der Waals surface area contributed by atoms with Crippen LogP contribution in [0.15, 0.2) is 70.6 Å². The van der Waals surface area contributed by atoms with Gasteiger partial charge in [-0.05, 0) is 140 Å². The molecule has 11 heteroatoms. The number of hydrogen-bond donors (Lipinski definition) is 1. The van der Waals surface area contributed by atoms with Gasteiger partial charge >= 0.3 is 0 Å². The van der Waals surface area contributed by atoms with Gasteiger partial charge in [-0.3, -0.25) is 14.5 Å². The highest BCUT2D eigenvalue weighted by atomic mass is 127. The standard InChI is InChI=1S/C33H34FIN4O4S/c1-3-39-32(41)29(44-33(39)37-25-12-14-26(15-13-25)38-16-6-5-7-17-38)20-22-18-27(35)31(28(19-22)42-4-2)43-21-30(40)36-24-10-8-23(34)9-11-24/h8-15,18-20H,3-7,16-17,21H2,1-2H3,(H,36,40)/b29-20-,37-33?. The topological polar surface area (TPSA) is 83.5 Å². The first-order valence-electron chi connectivity index (χ1n) is 14.6. The Morgan fingerprint density at radius 3 is 2.45 bits per heavy atom. The van der Waals surface area contributed by atoms with Crippen LogP contribution in [0.2, 0.25) is 0 Å². The van der Waals surface area contributed by atoms with Gasteiger partial charge in [-0.2, -0.15) is 0 Å². The van der Waals surface area contributed by atoms with Crippen molar-refractivity contribution in [1.82, 2.24) is 4.90 Å². The van der Waals surface area contributed by atoms with E-state index in [1.807, 2.05) is 38.1 Å². The molecule has 0 radical (unpaired) electrons. The number of halogens is 2. The molecule has 2 saturated heterocycles. The first-order chi connectivity index (χ1) is 21.3. The van der Waals surface area contributed by atoms with Crippen molar-refractivity contribution < 1.29 is 23.5 Å². The fourth-order valence-electron chi connectivity index (χ4n) is 4.96. The molecule has 0 spiro atoms. The van der Waals surface area contributed by atoms with Gasteiger partial charge in [0.25, 0.3) is 11.8 Å². The van der Waals surface area contributed by atoms with E-state index in [0.29, 0.717) is 40.4 Å². The lowest BCUT2D eigenvalue weighted by atomic mass is 10.1. The Labute approximate surface area is 274 Å². The average molecular weight is 729 g/mol. The molecule has 2 aliphatic heterocycles. The molecule has 0 aromatic heterocycles. The molecule has 2 heterocycles. The SMILES string of the molecule is CCOc1cc(/C=C2\SC(=Nc3ccc(N4CCCCC4)cc3)N(CC)C2=O)cc(I)c1OCC(=O)Nc1ccc(F)cc1. The lowest BCUT2D eigenvalue weighted by molar-refractivity contribution is -0.122. The van der Waals surface area contributed by atoms with Gasteiger partial charge in [-0.1, -0.05) is 0 Å². The van der Waals surface area contributed by atoms with Crippen LogP contribution in [-0.4, -0.2) is 54.7 Å². The van der Waals surface area contributed by atoms with Gasteiger partial charge < -0.3 is 19.7 Å². The summed E-state index contributed by atoms with van der Waals surface area (Å²) in [5.41, 5.74) is 3.25. The second-order valence-corrected chi connectivity index (χ2v) is 12.4.